The quantitative estimate of drug-likeness (QED) is 0.868. The van der Waals surface area contributed by atoms with Crippen molar-refractivity contribution in [3.63, 3.8) is 0 Å². The fourth-order valence-electron chi connectivity index (χ4n) is 2.98. The molecule has 1 aromatic carbocycles. The summed E-state index contributed by atoms with van der Waals surface area (Å²) in [5.41, 5.74) is 2.14. The average Bonchev–Trinajstić information content (AvgIpc) is 2.86. The average molecular weight is 313 g/mol. The highest BCUT2D eigenvalue weighted by Crippen LogP contribution is 2.13. The molecule has 3 rings (SSSR count). The molecule has 1 saturated heterocycles. The molecule has 0 atom stereocenters. The van der Waals surface area contributed by atoms with Gasteiger partial charge in [0.15, 0.2) is 5.89 Å². The van der Waals surface area contributed by atoms with Crippen LogP contribution in [0.2, 0.25) is 0 Å². The lowest BCUT2D eigenvalue weighted by Gasteiger charge is -2.34. The third-order valence-electron chi connectivity index (χ3n) is 4.29. The third-order valence-corrected chi connectivity index (χ3v) is 4.29. The third kappa shape index (κ3) is 3.99. The van der Waals surface area contributed by atoms with Crippen molar-refractivity contribution in [2.75, 3.05) is 26.2 Å². The van der Waals surface area contributed by atoms with Gasteiger partial charge in [0.2, 0.25) is 5.91 Å². The molecule has 0 saturated carbocycles. The summed E-state index contributed by atoms with van der Waals surface area (Å²) in [5, 5.41) is 0. The van der Waals surface area contributed by atoms with Crippen LogP contribution in [0.1, 0.15) is 22.9 Å². The summed E-state index contributed by atoms with van der Waals surface area (Å²) in [6.45, 7) is 8.02. The van der Waals surface area contributed by atoms with E-state index >= 15 is 0 Å². The van der Waals surface area contributed by atoms with Crippen molar-refractivity contribution in [3.8, 4) is 0 Å². The lowest BCUT2D eigenvalue weighted by atomic mass is 10.2. The Labute approximate surface area is 136 Å². The van der Waals surface area contributed by atoms with E-state index in [0.29, 0.717) is 18.1 Å². The molecular weight excluding hydrogens is 290 g/mol. The molecule has 122 valence electrons. The zero-order valence-electron chi connectivity index (χ0n) is 13.8. The molecule has 2 aromatic rings. The van der Waals surface area contributed by atoms with Gasteiger partial charge >= 0.3 is 0 Å². The minimum absolute atomic E-state index is 0.128. The molecule has 0 N–H and O–H groups in total. The number of piperazine rings is 1. The van der Waals surface area contributed by atoms with E-state index in [-0.39, 0.29) is 5.91 Å². The van der Waals surface area contributed by atoms with Crippen LogP contribution in [0.25, 0.3) is 0 Å². The van der Waals surface area contributed by atoms with Crippen LogP contribution in [-0.2, 0) is 17.8 Å². The minimum atomic E-state index is 0.128. The van der Waals surface area contributed by atoms with Crippen molar-refractivity contribution in [1.82, 2.24) is 14.8 Å². The van der Waals surface area contributed by atoms with Crippen molar-refractivity contribution in [2.45, 2.75) is 26.8 Å². The molecule has 0 radical (unpaired) electrons. The summed E-state index contributed by atoms with van der Waals surface area (Å²) in [4.78, 5) is 21.0. The maximum atomic E-state index is 12.4. The van der Waals surface area contributed by atoms with Gasteiger partial charge < -0.3 is 9.32 Å². The Balaban J connectivity index is 1.50. The van der Waals surface area contributed by atoms with Crippen LogP contribution in [0.15, 0.2) is 34.7 Å². The highest BCUT2D eigenvalue weighted by atomic mass is 16.4. The van der Waals surface area contributed by atoms with Crippen LogP contribution in [0.5, 0.6) is 0 Å². The van der Waals surface area contributed by atoms with Gasteiger partial charge in [0.05, 0.1) is 12.1 Å². The number of carbonyl (C=O) groups excluding carboxylic acids is 1. The van der Waals surface area contributed by atoms with E-state index in [1.807, 2.05) is 24.8 Å². The number of nitrogens with zero attached hydrogens (tertiary/aromatic N) is 3. The van der Waals surface area contributed by atoms with Crippen LogP contribution in [0, 0.1) is 13.8 Å². The standard InChI is InChI=1S/C18H23N3O2/c1-14-17(23-15(2)19-14)12-18(22)21-10-8-20(9-11-21)13-16-6-4-3-5-7-16/h3-7H,8-13H2,1-2H3. The number of hydrogen-bond acceptors (Lipinski definition) is 4. The number of benzene rings is 1. The number of aryl methyl sites for hydroxylation is 2. The molecule has 0 unspecified atom stereocenters. The Hall–Kier alpha value is -2.14. The maximum absolute atomic E-state index is 12.4. The highest BCUT2D eigenvalue weighted by molar-refractivity contribution is 5.78. The number of hydrogen-bond donors (Lipinski definition) is 0. The second-order valence-corrected chi connectivity index (χ2v) is 6.06. The minimum Gasteiger partial charge on any atom is -0.445 e. The number of oxazole rings is 1. The zero-order valence-corrected chi connectivity index (χ0v) is 13.8. The summed E-state index contributed by atoms with van der Waals surface area (Å²) >= 11 is 0. The Morgan fingerprint density at radius 1 is 1.13 bits per heavy atom. The second-order valence-electron chi connectivity index (χ2n) is 6.06. The van der Waals surface area contributed by atoms with Crippen molar-refractivity contribution in [3.05, 3.63) is 53.2 Å². The smallest absolute Gasteiger partial charge is 0.230 e. The van der Waals surface area contributed by atoms with Crippen LogP contribution in [-0.4, -0.2) is 46.9 Å². The number of amides is 1. The van der Waals surface area contributed by atoms with Gasteiger partial charge in [0.25, 0.3) is 0 Å². The zero-order chi connectivity index (χ0) is 16.2. The van der Waals surface area contributed by atoms with Crippen LogP contribution in [0.3, 0.4) is 0 Å². The monoisotopic (exact) mass is 313 g/mol. The molecule has 1 aromatic heterocycles. The predicted octanol–water partition coefficient (Wildman–Crippen LogP) is 2.18. The molecule has 2 heterocycles. The fraction of sp³-hybridized carbons (Fsp3) is 0.444. The van der Waals surface area contributed by atoms with Gasteiger partial charge in [-0.05, 0) is 12.5 Å². The van der Waals surface area contributed by atoms with Crippen LogP contribution in [0.4, 0.5) is 0 Å². The van der Waals surface area contributed by atoms with Crippen molar-refractivity contribution in [1.29, 1.82) is 0 Å². The number of carbonyl (C=O) groups is 1. The summed E-state index contributed by atoms with van der Waals surface area (Å²) < 4.78 is 5.51. The molecule has 1 fully saturated rings. The van der Waals surface area contributed by atoms with E-state index in [4.69, 9.17) is 4.42 Å². The molecule has 1 amide bonds. The molecule has 23 heavy (non-hydrogen) atoms. The van der Waals surface area contributed by atoms with Gasteiger partial charge in [0.1, 0.15) is 5.76 Å². The summed E-state index contributed by atoms with van der Waals surface area (Å²) in [5.74, 6) is 1.45. The molecule has 5 nitrogen and oxygen atoms in total. The molecule has 1 aliphatic rings. The normalized spacial score (nSPS) is 15.8. The SMILES string of the molecule is Cc1nc(C)c(CC(=O)N2CCN(Cc3ccccc3)CC2)o1. The van der Waals surface area contributed by atoms with E-state index in [1.165, 1.54) is 5.56 Å². The van der Waals surface area contributed by atoms with E-state index < -0.39 is 0 Å². The summed E-state index contributed by atoms with van der Waals surface area (Å²) in [6, 6.07) is 10.5. The molecule has 0 spiro atoms. The summed E-state index contributed by atoms with van der Waals surface area (Å²) in [7, 11) is 0. The first-order valence-electron chi connectivity index (χ1n) is 8.09. The van der Waals surface area contributed by atoms with Gasteiger partial charge in [-0.25, -0.2) is 4.98 Å². The Bertz CT molecular complexity index is 658. The van der Waals surface area contributed by atoms with Crippen molar-refractivity contribution < 1.29 is 9.21 Å². The molecule has 1 aliphatic heterocycles. The predicted molar refractivity (Wildman–Crippen MR) is 88.0 cm³/mol. The van der Waals surface area contributed by atoms with Gasteiger partial charge in [-0.15, -0.1) is 0 Å². The van der Waals surface area contributed by atoms with E-state index in [2.05, 4.69) is 34.1 Å². The van der Waals surface area contributed by atoms with Gasteiger partial charge in [-0.2, -0.15) is 0 Å². The molecule has 0 aliphatic carbocycles. The Morgan fingerprint density at radius 3 is 2.43 bits per heavy atom. The lowest BCUT2D eigenvalue weighted by Crippen LogP contribution is -2.48. The number of aromatic nitrogens is 1. The first kappa shape index (κ1) is 15.7. The highest BCUT2D eigenvalue weighted by Gasteiger charge is 2.23. The number of rotatable bonds is 4. The van der Waals surface area contributed by atoms with Crippen LogP contribution < -0.4 is 0 Å². The maximum Gasteiger partial charge on any atom is 0.230 e. The van der Waals surface area contributed by atoms with E-state index in [0.717, 1.165) is 38.4 Å². The fourth-order valence-corrected chi connectivity index (χ4v) is 2.98. The van der Waals surface area contributed by atoms with Gasteiger partial charge in [-0.1, -0.05) is 30.3 Å². The second kappa shape index (κ2) is 6.96. The lowest BCUT2D eigenvalue weighted by molar-refractivity contribution is -0.132. The molecule has 5 heteroatoms. The van der Waals surface area contributed by atoms with E-state index in [9.17, 15) is 4.79 Å². The first-order valence-corrected chi connectivity index (χ1v) is 8.09. The molecular formula is C18H23N3O2. The largest absolute Gasteiger partial charge is 0.445 e. The Morgan fingerprint density at radius 2 is 1.83 bits per heavy atom. The van der Waals surface area contributed by atoms with Gasteiger partial charge in [-0.3, -0.25) is 9.69 Å². The Kier molecular flexibility index (Phi) is 4.76. The van der Waals surface area contributed by atoms with Crippen LogP contribution >= 0.6 is 0 Å². The first-order chi connectivity index (χ1) is 11.1. The van der Waals surface area contributed by atoms with Crippen molar-refractivity contribution in [2.24, 2.45) is 0 Å². The van der Waals surface area contributed by atoms with Crippen molar-refractivity contribution >= 4 is 5.91 Å². The topological polar surface area (TPSA) is 49.6 Å². The molecule has 0 bridgehead atoms. The van der Waals surface area contributed by atoms with E-state index in [1.54, 1.807) is 0 Å². The summed E-state index contributed by atoms with van der Waals surface area (Å²) in [6.07, 6.45) is 0.311. The van der Waals surface area contributed by atoms with Gasteiger partial charge in [0, 0.05) is 39.6 Å².